The Balaban J connectivity index is 2.96. The van der Waals surface area contributed by atoms with E-state index in [0.717, 1.165) is 11.1 Å². The molecule has 0 aromatic carbocycles. The van der Waals surface area contributed by atoms with E-state index in [1.807, 2.05) is 13.0 Å². The number of pyridine rings is 1. The van der Waals surface area contributed by atoms with Gasteiger partial charge in [0.05, 0.1) is 7.11 Å². The molecule has 0 fully saturated rings. The fourth-order valence-electron chi connectivity index (χ4n) is 1.42. The van der Waals surface area contributed by atoms with Crippen molar-refractivity contribution in [2.75, 3.05) is 13.7 Å². The highest BCUT2D eigenvalue weighted by molar-refractivity contribution is 5.77. The Morgan fingerprint density at radius 1 is 1.75 bits per heavy atom. The van der Waals surface area contributed by atoms with Gasteiger partial charge in [0.2, 0.25) is 0 Å². The van der Waals surface area contributed by atoms with Crippen LogP contribution >= 0.6 is 0 Å². The third kappa shape index (κ3) is 2.90. The predicted molar refractivity (Wildman–Crippen MR) is 61.9 cm³/mol. The Hall–Kier alpha value is -1.68. The monoisotopic (exact) mass is 220 g/mol. The number of hydrogen-bond acceptors (Lipinski definition) is 4. The zero-order valence-corrected chi connectivity index (χ0v) is 9.56. The quantitative estimate of drug-likeness (QED) is 0.601. The van der Waals surface area contributed by atoms with Crippen molar-refractivity contribution < 1.29 is 9.53 Å². The molecule has 4 heteroatoms. The van der Waals surface area contributed by atoms with Crippen molar-refractivity contribution in [1.29, 1.82) is 0 Å². The van der Waals surface area contributed by atoms with Gasteiger partial charge in [-0.05, 0) is 18.6 Å². The second-order valence-corrected chi connectivity index (χ2v) is 3.39. The van der Waals surface area contributed by atoms with E-state index < -0.39 is 6.04 Å². The second kappa shape index (κ2) is 6.02. The van der Waals surface area contributed by atoms with Crippen molar-refractivity contribution in [3.05, 3.63) is 42.2 Å². The number of rotatable bonds is 5. The SMILES string of the molecule is C=CCNC(C(=O)OC)c1cnccc1C. The summed E-state index contributed by atoms with van der Waals surface area (Å²) in [4.78, 5) is 15.6. The Kier molecular flexibility index (Phi) is 4.66. The van der Waals surface area contributed by atoms with Crippen molar-refractivity contribution in [1.82, 2.24) is 10.3 Å². The topological polar surface area (TPSA) is 51.2 Å². The summed E-state index contributed by atoms with van der Waals surface area (Å²) in [6.45, 7) is 6.07. The van der Waals surface area contributed by atoms with Crippen molar-refractivity contribution in [2.45, 2.75) is 13.0 Å². The molecule has 1 rings (SSSR count). The number of aryl methyl sites for hydroxylation is 1. The van der Waals surface area contributed by atoms with Gasteiger partial charge in [0, 0.05) is 24.5 Å². The number of methoxy groups -OCH3 is 1. The standard InChI is InChI=1S/C12H16N2O2/c1-4-6-14-11(12(15)16-3)10-8-13-7-5-9(10)2/h4-5,7-8,11,14H,1,6H2,2-3H3. The molecule has 0 amide bonds. The summed E-state index contributed by atoms with van der Waals surface area (Å²) in [6.07, 6.45) is 5.06. The molecule has 4 nitrogen and oxygen atoms in total. The lowest BCUT2D eigenvalue weighted by Gasteiger charge is -2.17. The lowest BCUT2D eigenvalue weighted by Crippen LogP contribution is -2.30. The zero-order valence-electron chi connectivity index (χ0n) is 9.56. The third-order valence-corrected chi connectivity index (χ3v) is 2.29. The van der Waals surface area contributed by atoms with Crippen LogP contribution in [0.25, 0.3) is 0 Å². The highest BCUT2D eigenvalue weighted by atomic mass is 16.5. The molecule has 1 aromatic heterocycles. The van der Waals surface area contributed by atoms with Crippen LogP contribution in [0.1, 0.15) is 17.2 Å². The lowest BCUT2D eigenvalue weighted by molar-refractivity contribution is -0.143. The van der Waals surface area contributed by atoms with Crippen LogP contribution in [0.2, 0.25) is 0 Å². The second-order valence-electron chi connectivity index (χ2n) is 3.39. The van der Waals surface area contributed by atoms with Gasteiger partial charge >= 0.3 is 5.97 Å². The van der Waals surface area contributed by atoms with Gasteiger partial charge in [0.15, 0.2) is 0 Å². The largest absolute Gasteiger partial charge is 0.468 e. The first kappa shape index (κ1) is 12.4. The van der Waals surface area contributed by atoms with Crippen LogP contribution in [0.3, 0.4) is 0 Å². The summed E-state index contributed by atoms with van der Waals surface area (Å²) < 4.78 is 4.76. The summed E-state index contributed by atoms with van der Waals surface area (Å²) in [5.41, 5.74) is 1.83. The molecule has 0 aliphatic carbocycles. The maximum Gasteiger partial charge on any atom is 0.327 e. The number of carbonyl (C=O) groups is 1. The predicted octanol–water partition coefficient (Wildman–Crippen LogP) is 1.38. The van der Waals surface area contributed by atoms with E-state index >= 15 is 0 Å². The number of esters is 1. The summed E-state index contributed by atoms with van der Waals surface area (Å²) in [5, 5.41) is 3.04. The zero-order chi connectivity index (χ0) is 12.0. The van der Waals surface area contributed by atoms with Crippen LogP contribution in [0.15, 0.2) is 31.1 Å². The van der Waals surface area contributed by atoms with Gasteiger partial charge < -0.3 is 4.74 Å². The molecule has 0 saturated carbocycles. The Labute approximate surface area is 95.3 Å². The maximum atomic E-state index is 11.6. The Bertz CT molecular complexity index is 377. The van der Waals surface area contributed by atoms with Crippen LogP contribution in [0.5, 0.6) is 0 Å². The van der Waals surface area contributed by atoms with Crippen molar-refractivity contribution >= 4 is 5.97 Å². The van der Waals surface area contributed by atoms with Crippen LogP contribution in [0, 0.1) is 6.92 Å². The number of nitrogens with one attached hydrogen (secondary N) is 1. The van der Waals surface area contributed by atoms with Crippen molar-refractivity contribution in [3.63, 3.8) is 0 Å². The molecule has 1 unspecified atom stereocenters. The number of ether oxygens (including phenoxy) is 1. The molecule has 0 radical (unpaired) electrons. The van der Waals surface area contributed by atoms with E-state index in [1.54, 1.807) is 18.5 Å². The first-order chi connectivity index (χ1) is 7.70. The number of aromatic nitrogens is 1. The molecule has 0 bridgehead atoms. The molecule has 16 heavy (non-hydrogen) atoms. The van der Waals surface area contributed by atoms with Gasteiger partial charge in [-0.1, -0.05) is 6.08 Å². The van der Waals surface area contributed by atoms with Crippen LogP contribution in [0.4, 0.5) is 0 Å². The summed E-state index contributed by atoms with van der Waals surface area (Å²) in [5.74, 6) is -0.321. The molecule has 1 heterocycles. The molecule has 1 aromatic rings. The molecular formula is C12H16N2O2. The Morgan fingerprint density at radius 2 is 2.50 bits per heavy atom. The van der Waals surface area contributed by atoms with E-state index in [2.05, 4.69) is 16.9 Å². The average molecular weight is 220 g/mol. The smallest absolute Gasteiger partial charge is 0.327 e. The lowest BCUT2D eigenvalue weighted by atomic mass is 10.0. The number of carbonyl (C=O) groups excluding carboxylic acids is 1. The van der Waals surface area contributed by atoms with Crippen molar-refractivity contribution in [3.8, 4) is 0 Å². The van der Waals surface area contributed by atoms with Gasteiger partial charge in [-0.2, -0.15) is 0 Å². The van der Waals surface area contributed by atoms with E-state index in [9.17, 15) is 4.79 Å². The molecule has 86 valence electrons. The van der Waals surface area contributed by atoms with Gasteiger partial charge in [-0.15, -0.1) is 6.58 Å². The molecule has 0 spiro atoms. The molecule has 0 aliphatic heterocycles. The average Bonchev–Trinajstić information content (AvgIpc) is 2.31. The van der Waals surface area contributed by atoms with Crippen LogP contribution < -0.4 is 5.32 Å². The molecule has 1 N–H and O–H groups in total. The molecule has 0 aliphatic rings. The first-order valence-electron chi connectivity index (χ1n) is 5.03. The normalized spacial score (nSPS) is 11.9. The minimum absolute atomic E-state index is 0.321. The van der Waals surface area contributed by atoms with E-state index in [1.165, 1.54) is 7.11 Å². The van der Waals surface area contributed by atoms with Crippen LogP contribution in [-0.2, 0) is 9.53 Å². The van der Waals surface area contributed by atoms with Crippen LogP contribution in [-0.4, -0.2) is 24.6 Å². The summed E-state index contributed by atoms with van der Waals surface area (Å²) in [6, 6.07) is 1.37. The molecule has 1 atom stereocenters. The molecule has 0 saturated heterocycles. The summed E-state index contributed by atoms with van der Waals surface area (Å²) in [7, 11) is 1.37. The number of hydrogen-bond donors (Lipinski definition) is 1. The Morgan fingerprint density at radius 3 is 3.06 bits per heavy atom. The van der Waals surface area contributed by atoms with E-state index in [0.29, 0.717) is 6.54 Å². The number of nitrogens with zero attached hydrogens (tertiary/aromatic N) is 1. The fourth-order valence-corrected chi connectivity index (χ4v) is 1.42. The third-order valence-electron chi connectivity index (χ3n) is 2.29. The van der Waals surface area contributed by atoms with Gasteiger partial charge in [0.25, 0.3) is 0 Å². The minimum atomic E-state index is -0.489. The minimum Gasteiger partial charge on any atom is -0.468 e. The molecular weight excluding hydrogens is 204 g/mol. The highest BCUT2D eigenvalue weighted by Crippen LogP contribution is 2.17. The van der Waals surface area contributed by atoms with Gasteiger partial charge in [0.1, 0.15) is 6.04 Å². The van der Waals surface area contributed by atoms with Gasteiger partial charge in [-0.3, -0.25) is 10.3 Å². The van der Waals surface area contributed by atoms with Gasteiger partial charge in [-0.25, -0.2) is 4.79 Å². The van der Waals surface area contributed by atoms with E-state index in [-0.39, 0.29) is 5.97 Å². The van der Waals surface area contributed by atoms with E-state index in [4.69, 9.17) is 4.74 Å². The summed E-state index contributed by atoms with van der Waals surface area (Å²) >= 11 is 0. The first-order valence-corrected chi connectivity index (χ1v) is 5.03. The maximum absolute atomic E-state index is 11.6. The fraction of sp³-hybridized carbons (Fsp3) is 0.333. The van der Waals surface area contributed by atoms with Crippen molar-refractivity contribution in [2.24, 2.45) is 0 Å². The highest BCUT2D eigenvalue weighted by Gasteiger charge is 2.21.